The molecular weight excluding hydrogens is 432 g/mol. The topological polar surface area (TPSA) is 93.1 Å². The number of carbonyl (C=O) groups excluding carboxylic acids is 2. The van der Waals surface area contributed by atoms with E-state index in [1.165, 1.54) is 83.1 Å². The van der Waals surface area contributed by atoms with Gasteiger partial charge in [-0.25, -0.2) is 4.79 Å². The molecule has 0 amide bonds. The number of aliphatic hydroxyl groups excluding tert-OH is 2. The van der Waals surface area contributed by atoms with Gasteiger partial charge >= 0.3 is 11.9 Å². The second-order valence-electron chi connectivity index (χ2n) is 10.0. The Bertz CT molecular complexity index is 535. The number of aliphatic hydroxyl groups is 2. The van der Waals surface area contributed by atoms with Crippen LogP contribution >= 0.6 is 0 Å². The number of allylic oxidation sites excluding steroid dienone is 1. The van der Waals surface area contributed by atoms with E-state index in [9.17, 15) is 19.8 Å². The van der Waals surface area contributed by atoms with Gasteiger partial charge in [-0.3, -0.25) is 4.79 Å². The summed E-state index contributed by atoms with van der Waals surface area (Å²) in [6.45, 7) is 4.51. The fraction of sp³-hybridized carbons (Fsp3) is 0.857. The number of carbonyl (C=O) groups is 2. The van der Waals surface area contributed by atoms with Crippen LogP contribution in [0.4, 0.5) is 0 Å². The Hall–Kier alpha value is -1.40. The average molecular weight is 485 g/mol. The van der Waals surface area contributed by atoms with Crippen LogP contribution in [-0.2, 0) is 19.1 Å². The number of hydrogen-bond acceptors (Lipinski definition) is 6. The Kier molecular flexibility index (Phi) is 21.2. The minimum atomic E-state index is -1.18. The van der Waals surface area contributed by atoms with Crippen molar-refractivity contribution in [1.82, 2.24) is 0 Å². The summed E-state index contributed by atoms with van der Waals surface area (Å²) in [4.78, 5) is 23.7. The third-order valence-corrected chi connectivity index (χ3v) is 6.12. The highest BCUT2D eigenvalue weighted by atomic mass is 16.5. The molecule has 0 unspecified atom stereocenters. The minimum Gasteiger partial charge on any atom is -0.465 e. The molecular formula is C28H52O6. The summed E-state index contributed by atoms with van der Waals surface area (Å²) in [6.07, 6.45) is 20.7. The third kappa shape index (κ3) is 19.0. The standard InChI is InChI=1S/C28H52O6/c1-4-5-6-7-8-9-10-11-12-13-14-15-16-17-18-19-26(31)33-23-28(21-29,22-30)24-34-27(32)20-25(2)3/h20,29-30H,4-19,21-24H2,1-3H3. The van der Waals surface area contributed by atoms with E-state index in [1.54, 1.807) is 13.8 Å². The van der Waals surface area contributed by atoms with E-state index in [0.29, 0.717) is 6.42 Å². The third-order valence-electron chi connectivity index (χ3n) is 6.12. The smallest absolute Gasteiger partial charge is 0.330 e. The fourth-order valence-corrected chi connectivity index (χ4v) is 3.72. The maximum atomic E-state index is 12.0. The molecule has 0 bridgehead atoms. The minimum absolute atomic E-state index is 0.181. The quantitative estimate of drug-likeness (QED) is 0.101. The molecule has 0 saturated carbocycles. The normalized spacial score (nSPS) is 11.3. The SMILES string of the molecule is CCCCCCCCCCCCCCCCCC(=O)OCC(CO)(CO)COC(=O)C=C(C)C. The van der Waals surface area contributed by atoms with Gasteiger partial charge in [-0.15, -0.1) is 0 Å². The Labute approximate surface area is 208 Å². The predicted molar refractivity (Wildman–Crippen MR) is 137 cm³/mol. The Morgan fingerprint density at radius 2 is 1.09 bits per heavy atom. The van der Waals surface area contributed by atoms with Crippen LogP contribution in [0.3, 0.4) is 0 Å². The van der Waals surface area contributed by atoms with Crippen molar-refractivity contribution in [2.24, 2.45) is 5.41 Å². The van der Waals surface area contributed by atoms with Crippen LogP contribution in [0.1, 0.15) is 124 Å². The molecule has 0 atom stereocenters. The second-order valence-corrected chi connectivity index (χ2v) is 10.0. The Morgan fingerprint density at radius 1 is 0.676 bits per heavy atom. The van der Waals surface area contributed by atoms with Crippen LogP contribution in [0.2, 0.25) is 0 Å². The highest BCUT2D eigenvalue weighted by Crippen LogP contribution is 2.19. The Morgan fingerprint density at radius 3 is 1.50 bits per heavy atom. The lowest BCUT2D eigenvalue weighted by Gasteiger charge is -2.28. The van der Waals surface area contributed by atoms with Gasteiger partial charge in [-0.1, -0.05) is 102 Å². The molecule has 0 aromatic rings. The molecule has 200 valence electrons. The summed E-state index contributed by atoms with van der Waals surface area (Å²) in [5.74, 6) is -0.896. The summed E-state index contributed by atoms with van der Waals surface area (Å²) < 4.78 is 10.4. The molecule has 0 heterocycles. The molecule has 34 heavy (non-hydrogen) atoms. The fourth-order valence-electron chi connectivity index (χ4n) is 3.72. The molecule has 0 saturated heterocycles. The molecule has 0 rings (SSSR count). The molecule has 6 heteroatoms. The van der Waals surface area contributed by atoms with Gasteiger partial charge < -0.3 is 19.7 Å². The van der Waals surface area contributed by atoms with Crippen molar-refractivity contribution >= 4 is 11.9 Å². The number of rotatable bonds is 23. The van der Waals surface area contributed by atoms with Crippen LogP contribution in [-0.4, -0.2) is 48.6 Å². The van der Waals surface area contributed by atoms with Crippen molar-refractivity contribution in [3.05, 3.63) is 11.6 Å². The zero-order valence-electron chi connectivity index (χ0n) is 22.2. The van der Waals surface area contributed by atoms with E-state index in [4.69, 9.17) is 9.47 Å². The number of hydrogen-bond donors (Lipinski definition) is 2. The van der Waals surface area contributed by atoms with Crippen LogP contribution < -0.4 is 0 Å². The summed E-state index contributed by atoms with van der Waals surface area (Å²) in [5, 5.41) is 19.3. The molecule has 0 fully saturated rings. The first-order valence-electron chi connectivity index (χ1n) is 13.6. The average Bonchev–Trinajstić information content (AvgIpc) is 2.81. The maximum absolute atomic E-state index is 12.0. The highest BCUT2D eigenvalue weighted by Gasteiger charge is 2.32. The lowest BCUT2D eigenvalue weighted by molar-refractivity contribution is -0.156. The van der Waals surface area contributed by atoms with Gasteiger partial charge in [0.2, 0.25) is 0 Å². The molecule has 0 aromatic carbocycles. The van der Waals surface area contributed by atoms with Crippen molar-refractivity contribution < 1.29 is 29.3 Å². The zero-order chi connectivity index (χ0) is 25.5. The van der Waals surface area contributed by atoms with Crippen molar-refractivity contribution in [2.45, 2.75) is 124 Å². The summed E-state index contributed by atoms with van der Waals surface area (Å²) >= 11 is 0. The largest absolute Gasteiger partial charge is 0.465 e. The van der Waals surface area contributed by atoms with Crippen LogP contribution in [0.25, 0.3) is 0 Å². The molecule has 0 aliphatic heterocycles. The molecule has 0 aliphatic carbocycles. The summed E-state index contributed by atoms with van der Waals surface area (Å²) in [7, 11) is 0. The lowest BCUT2D eigenvalue weighted by atomic mass is 9.92. The van der Waals surface area contributed by atoms with Gasteiger partial charge in [-0.05, 0) is 20.3 Å². The highest BCUT2D eigenvalue weighted by molar-refractivity contribution is 5.82. The Balaban J connectivity index is 3.74. The first-order chi connectivity index (χ1) is 16.4. The molecule has 0 spiro atoms. The number of unbranched alkanes of at least 4 members (excludes halogenated alkanes) is 14. The van der Waals surface area contributed by atoms with E-state index in [2.05, 4.69) is 6.92 Å². The zero-order valence-corrected chi connectivity index (χ0v) is 22.2. The predicted octanol–water partition coefficient (Wildman–Crippen LogP) is 6.27. The van der Waals surface area contributed by atoms with E-state index in [-0.39, 0.29) is 19.2 Å². The molecule has 0 aliphatic rings. The van der Waals surface area contributed by atoms with Crippen molar-refractivity contribution in [2.75, 3.05) is 26.4 Å². The summed E-state index contributed by atoms with van der Waals surface area (Å²) in [6, 6.07) is 0. The van der Waals surface area contributed by atoms with E-state index in [1.807, 2.05) is 0 Å². The molecule has 2 N–H and O–H groups in total. The molecule has 0 aromatic heterocycles. The van der Waals surface area contributed by atoms with Crippen molar-refractivity contribution in [1.29, 1.82) is 0 Å². The molecule has 6 nitrogen and oxygen atoms in total. The van der Waals surface area contributed by atoms with Gasteiger partial charge in [0, 0.05) is 12.5 Å². The van der Waals surface area contributed by atoms with Gasteiger partial charge in [0.1, 0.15) is 13.2 Å². The van der Waals surface area contributed by atoms with Crippen LogP contribution in [0.5, 0.6) is 0 Å². The van der Waals surface area contributed by atoms with E-state index in [0.717, 1.165) is 24.8 Å². The first-order valence-corrected chi connectivity index (χ1v) is 13.6. The van der Waals surface area contributed by atoms with Crippen molar-refractivity contribution in [3.63, 3.8) is 0 Å². The van der Waals surface area contributed by atoms with Gasteiger partial charge in [0.25, 0.3) is 0 Å². The lowest BCUT2D eigenvalue weighted by Crippen LogP contribution is -2.41. The second kappa shape index (κ2) is 22.1. The van der Waals surface area contributed by atoms with E-state index >= 15 is 0 Å². The first kappa shape index (κ1) is 32.6. The van der Waals surface area contributed by atoms with Crippen LogP contribution in [0, 0.1) is 5.41 Å². The number of esters is 2. The maximum Gasteiger partial charge on any atom is 0.330 e. The van der Waals surface area contributed by atoms with Gasteiger partial charge in [0.05, 0.1) is 18.6 Å². The summed E-state index contributed by atoms with van der Waals surface area (Å²) in [5.41, 5.74) is -0.394. The van der Waals surface area contributed by atoms with Crippen molar-refractivity contribution in [3.8, 4) is 0 Å². The number of ether oxygens (including phenoxy) is 2. The molecule has 0 radical (unpaired) electrons. The monoisotopic (exact) mass is 484 g/mol. The van der Waals surface area contributed by atoms with E-state index < -0.39 is 24.6 Å². The van der Waals surface area contributed by atoms with Gasteiger partial charge in [-0.2, -0.15) is 0 Å². The van der Waals surface area contributed by atoms with Crippen LogP contribution in [0.15, 0.2) is 11.6 Å². The van der Waals surface area contributed by atoms with Gasteiger partial charge in [0.15, 0.2) is 0 Å².